The molecule has 0 bridgehead atoms. The zero-order chi connectivity index (χ0) is 13.9. The zero-order valence-corrected chi connectivity index (χ0v) is 12.3. The number of nitrogens with zero attached hydrogens (tertiary/aromatic N) is 1. The Morgan fingerprint density at radius 1 is 1.10 bits per heavy atom. The molecule has 20 heavy (non-hydrogen) atoms. The SMILES string of the molecule is CC(C)c1ccc(-c2cn[nH]c2C2CCNCC2)cc1. The summed E-state index contributed by atoms with van der Waals surface area (Å²) in [6.45, 7) is 6.67. The summed E-state index contributed by atoms with van der Waals surface area (Å²) in [7, 11) is 0. The van der Waals surface area contributed by atoms with Gasteiger partial charge in [-0.3, -0.25) is 5.10 Å². The first-order chi connectivity index (χ1) is 9.75. The van der Waals surface area contributed by atoms with Crippen LogP contribution in [-0.2, 0) is 0 Å². The Kier molecular flexibility index (Phi) is 3.88. The molecule has 106 valence electrons. The summed E-state index contributed by atoms with van der Waals surface area (Å²) in [6, 6.07) is 8.92. The summed E-state index contributed by atoms with van der Waals surface area (Å²) in [5, 5.41) is 10.9. The van der Waals surface area contributed by atoms with Gasteiger partial charge in [0.05, 0.1) is 6.20 Å². The fraction of sp³-hybridized carbons (Fsp3) is 0.471. The van der Waals surface area contributed by atoms with E-state index in [0.717, 1.165) is 13.1 Å². The standard InChI is InChI=1S/C17H23N3/c1-12(2)13-3-5-14(6-4-13)16-11-19-20-17(16)15-7-9-18-10-8-15/h3-6,11-12,15,18H,7-10H2,1-2H3,(H,19,20). The highest BCUT2D eigenvalue weighted by Crippen LogP contribution is 2.32. The van der Waals surface area contributed by atoms with E-state index in [1.807, 2.05) is 6.20 Å². The minimum absolute atomic E-state index is 0.581. The van der Waals surface area contributed by atoms with Gasteiger partial charge in [0.15, 0.2) is 0 Å². The van der Waals surface area contributed by atoms with Gasteiger partial charge < -0.3 is 5.32 Å². The molecule has 0 atom stereocenters. The third-order valence-electron chi connectivity index (χ3n) is 4.30. The number of hydrogen-bond acceptors (Lipinski definition) is 2. The van der Waals surface area contributed by atoms with Crippen LogP contribution in [0.1, 0.15) is 49.8 Å². The predicted octanol–water partition coefficient (Wildman–Crippen LogP) is 3.67. The Labute approximate surface area is 120 Å². The Bertz CT molecular complexity index is 548. The van der Waals surface area contributed by atoms with Crippen LogP contribution in [0.25, 0.3) is 11.1 Å². The maximum atomic E-state index is 4.29. The van der Waals surface area contributed by atoms with Crippen molar-refractivity contribution in [2.24, 2.45) is 0 Å². The molecule has 3 heteroatoms. The van der Waals surface area contributed by atoms with Crippen molar-refractivity contribution in [2.75, 3.05) is 13.1 Å². The fourth-order valence-electron chi connectivity index (χ4n) is 3.00. The molecule has 0 aliphatic carbocycles. The average molecular weight is 269 g/mol. The van der Waals surface area contributed by atoms with E-state index >= 15 is 0 Å². The Morgan fingerprint density at radius 3 is 2.45 bits per heavy atom. The molecule has 0 unspecified atom stereocenters. The Hall–Kier alpha value is -1.61. The van der Waals surface area contributed by atoms with E-state index in [4.69, 9.17) is 0 Å². The first-order valence-corrected chi connectivity index (χ1v) is 7.60. The number of hydrogen-bond donors (Lipinski definition) is 2. The van der Waals surface area contributed by atoms with Crippen molar-refractivity contribution in [3.05, 3.63) is 41.7 Å². The van der Waals surface area contributed by atoms with Gasteiger partial charge in [-0.25, -0.2) is 0 Å². The van der Waals surface area contributed by atoms with Crippen LogP contribution in [0.2, 0.25) is 0 Å². The lowest BCUT2D eigenvalue weighted by atomic mass is 9.90. The quantitative estimate of drug-likeness (QED) is 0.892. The maximum absolute atomic E-state index is 4.29. The van der Waals surface area contributed by atoms with Crippen LogP contribution < -0.4 is 5.32 Å². The number of aromatic nitrogens is 2. The van der Waals surface area contributed by atoms with E-state index < -0.39 is 0 Å². The molecule has 0 saturated carbocycles. The molecule has 1 saturated heterocycles. The number of aromatic amines is 1. The van der Waals surface area contributed by atoms with Gasteiger partial charge in [0.2, 0.25) is 0 Å². The van der Waals surface area contributed by atoms with Gasteiger partial charge in [-0.15, -0.1) is 0 Å². The molecular formula is C17H23N3. The molecule has 1 aliphatic heterocycles. The Morgan fingerprint density at radius 2 is 1.80 bits per heavy atom. The second kappa shape index (κ2) is 5.80. The van der Waals surface area contributed by atoms with Crippen molar-refractivity contribution in [1.82, 2.24) is 15.5 Å². The van der Waals surface area contributed by atoms with Crippen LogP contribution in [0.4, 0.5) is 0 Å². The molecule has 2 heterocycles. The number of nitrogens with one attached hydrogen (secondary N) is 2. The third kappa shape index (κ3) is 2.63. The molecular weight excluding hydrogens is 246 g/mol. The van der Waals surface area contributed by atoms with E-state index in [1.54, 1.807) is 0 Å². The van der Waals surface area contributed by atoms with Crippen LogP contribution >= 0.6 is 0 Å². The molecule has 1 fully saturated rings. The van der Waals surface area contributed by atoms with E-state index in [2.05, 4.69) is 53.6 Å². The van der Waals surface area contributed by atoms with E-state index in [-0.39, 0.29) is 0 Å². The molecule has 2 N–H and O–H groups in total. The maximum Gasteiger partial charge on any atom is 0.0568 e. The average Bonchev–Trinajstić information content (AvgIpc) is 2.97. The van der Waals surface area contributed by atoms with Crippen molar-refractivity contribution < 1.29 is 0 Å². The van der Waals surface area contributed by atoms with Crippen molar-refractivity contribution >= 4 is 0 Å². The lowest BCUT2D eigenvalue weighted by Gasteiger charge is -2.22. The molecule has 3 rings (SSSR count). The summed E-state index contributed by atoms with van der Waals surface area (Å²) in [5.74, 6) is 1.19. The normalized spacial score (nSPS) is 16.8. The summed E-state index contributed by atoms with van der Waals surface area (Å²) in [5.41, 5.74) is 5.24. The van der Waals surface area contributed by atoms with Crippen molar-refractivity contribution in [3.63, 3.8) is 0 Å². The van der Waals surface area contributed by atoms with Crippen LogP contribution in [0.5, 0.6) is 0 Å². The third-order valence-corrected chi connectivity index (χ3v) is 4.30. The smallest absolute Gasteiger partial charge is 0.0568 e. The lowest BCUT2D eigenvalue weighted by Crippen LogP contribution is -2.27. The Balaban J connectivity index is 1.88. The van der Waals surface area contributed by atoms with Gasteiger partial charge in [-0.1, -0.05) is 38.1 Å². The molecule has 3 nitrogen and oxygen atoms in total. The van der Waals surface area contributed by atoms with Crippen LogP contribution in [0.15, 0.2) is 30.5 Å². The van der Waals surface area contributed by atoms with E-state index in [0.29, 0.717) is 11.8 Å². The monoisotopic (exact) mass is 269 g/mol. The van der Waals surface area contributed by atoms with E-state index in [9.17, 15) is 0 Å². The summed E-state index contributed by atoms with van der Waals surface area (Å²) in [6.07, 6.45) is 4.36. The van der Waals surface area contributed by atoms with E-state index in [1.165, 1.54) is 35.2 Å². The molecule has 1 aromatic heterocycles. The topological polar surface area (TPSA) is 40.7 Å². The highest BCUT2D eigenvalue weighted by Gasteiger charge is 2.20. The summed E-state index contributed by atoms with van der Waals surface area (Å²) < 4.78 is 0. The number of piperidine rings is 1. The second-order valence-electron chi connectivity index (χ2n) is 6.00. The fourth-order valence-corrected chi connectivity index (χ4v) is 3.00. The van der Waals surface area contributed by atoms with Gasteiger partial charge in [0, 0.05) is 17.2 Å². The predicted molar refractivity (Wildman–Crippen MR) is 83.0 cm³/mol. The summed E-state index contributed by atoms with van der Waals surface area (Å²) in [4.78, 5) is 0. The van der Waals surface area contributed by atoms with Gasteiger partial charge in [-0.2, -0.15) is 5.10 Å². The van der Waals surface area contributed by atoms with Crippen LogP contribution in [0, 0.1) is 0 Å². The molecule has 0 amide bonds. The lowest BCUT2D eigenvalue weighted by molar-refractivity contribution is 0.453. The molecule has 0 spiro atoms. The van der Waals surface area contributed by atoms with Crippen molar-refractivity contribution in [1.29, 1.82) is 0 Å². The molecule has 1 aliphatic rings. The largest absolute Gasteiger partial charge is 0.317 e. The minimum atomic E-state index is 0.581. The van der Waals surface area contributed by atoms with Gasteiger partial charge in [0.25, 0.3) is 0 Å². The van der Waals surface area contributed by atoms with Gasteiger partial charge in [-0.05, 0) is 43.0 Å². The molecule has 1 aromatic carbocycles. The number of rotatable bonds is 3. The summed E-state index contributed by atoms with van der Waals surface area (Å²) >= 11 is 0. The molecule has 2 aromatic rings. The minimum Gasteiger partial charge on any atom is -0.317 e. The highest BCUT2D eigenvalue weighted by molar-refractivity contribution is 5.66. The molecule has 0 radical (unpaired) electrons. The van der Waals surface area contributed by atoms with Crippen molar-refractivity contribution in [3.8, 4) is 11.1 Å². The number of H-pyrrole nitrogens is 1. The zero-order valence-electron chi connectivity index (χ0n) is 12.3. The van der Waals surface area contributed by atoms with Crippen molar-refractivity contribution in [2.45, 2.75) is 38.5 Å². The highest BCUT2D eigenvalue weighted by atomic mass is 15.1. The second-order valence-corrected chi connectivity index (χ2v) is 6.00. The van der Waals surface area contributed by atoms with Crippen LogP contribution in [-0.4, -0.2) is 23.3 Å². The van der Waals surface area contributed by atoms with Gasteiger partial charge in [0.1, 0.15) is 0 Å². The number of benzene rings is 1. The van der Waals surface area contributed by atoms with Crippen LogP contribution in [0.3, 0.4) is 0 Å². The van der Waals surface area contributed by atoms with Gasteiger partial charge >= 0.3 is 0 Å². The first kappa shape index (κ1) is 13.4. The first-order valence-electron chi connectivity index (χ1n) is 7.60.